The minimum Gasteiger partial charge on any atom is -0.394 e. The Morgan fingerprint density at radius 2 is 1.00 bits per heavy atom. The lowest BCUT2D eigenvalue weighted by Crippen LogP contribution is -2.45. The van der Waals surface area contributed by atoms with Gasteiger partial charge >= 0.3 is 0 Å². The van der Waals surface area contributed by atoms with Crippen LogP contribution in [0.5, 0.6) is 0 Å². The third-order valence-corrected chi connectivity index (χ3v) is 7.52. The largest absolute Gasteiger partial charge is 0.394 e. The number of unbranched alkanes of at least 4 members (excludes halogenated alkanes) is 22. The highest BCUT2D eigenvalue weighted by Gasteiger charge is 2.17. The highest BCUT2D eigenvalue weighted by atomic mass is 16.3. The van der Waals surface area contributed by atoms with E-state index in [2.05, 4.69) is 19.2 Å². The molecule has 1 amide bonds. The quantitative estimate of drug-likeness (QED) is 0.0676. The summed E-state index contributed by atoms with van der Waals surface area (Å²) < 4.78 is 0. The van der Waals surface area contributed by atoms with Gasteiger partial charge in [0.15, 0.2) is 0 Å². The molecule has 0 heterocycles. The summed E-state index contributed by atoms with van der Waals surface area (Å²) in [6.07, 6.45) is 34.2. The Labute approximate surface area is 231 Å². The van der Waals surface area contributed by atoms with Crippen molar-refractivity contribution in [2.75, 3.05) is 6.61 Å². The number of carbonyl (C=O) groups is 1. The molecule has 0 aliphatic heterocycles. The smallest absolute Gasteiger partial charge is 0.220 e. The zero-order valence-corrected chi connectivity index (χ0v) is 25.0. The lowest BCUT2D eigenvalue weighted by molar-refractivity contribution is -0.123. The summed E-state index contributed by atoms with van der Waals surface area (Å²) in [7, 11) is 0. The molecule has 0 rings (SSSR count). The third kappa shape index (κ3) is 26.5. The highest BCUT2D eigenvalue weighted by Crippen LogP contribution is 2.14. The summed E-state index contributed by atoms with van der Waals surface area (Å²) in [5.41, 5.74) is 0. The molecule has 0 saturated heterocycles. The van der Waals surface area contributed by atoms with Crippen molar-refractivity contribution in [1.82, 2.24) is 5.32 Å². The number of allylic oxidation sites excluding steroid dienone is 1. The molecule has 0 aliphatic rings. The maximum atomic E-state index is 12.2. The molecule has 37 heavy (non-hydrogen) atoms. The first-order valence-electron chi connectivity index (χ1n) is 16.4. The van der Waals surface area contributed by atoms with Crippen LogP contribution in [-0.2, 0) is 4.79 Å². The second-order valence-electron chi connectivity index (χ2n) is 11.2. The van der Waals surface area contributed by atoms with Crippen LogP contribution in [0.3, 0.4) is 0 Å². The topological polar surface area (TPSA) is 69.6 Å². The van der Waals surface area contributed by atoms with Gasteiger partial charge in [0.2, 0.25) is 5.91 Å². The number of rotatable bonds is 29. The van der Waals surface area contributed by atoms with Crippen LogP contribution in [0.4, 0.5) is 0 Å². The van der Waals surface area contributed by atoms with E-state index in [-0.39, 0.29) is 12.5 Å². The molecule has 0 aliphatic carbocycles. The minimum atomic E-state index is -0.830. The van der Waals surface area contributed by atoms with Gasteiger partial charge in [-0.3, -0.25) is 4.79 Å². The van der Waals surface area contributed by atoms with Gasteiger partial charge in [-0.25, -0.2) is 0 Å². The number of aliphatic hydroxyl groups excluding tert-OH is 2. The molecule has 0 bridgehead atoms. The van der Waals surface area contributed by atoms with Crippen molar-refractivity contribution in [1.29, 1.82) is 0 Å². The van der Waals surface area contributed by atoms with Crippen LogP contribution in [-0.4, -0.2) is 34.9 Å². The van der Waals surface area contributed by atoms with Crippen LogP contribution >= 0.6 is 0 Å². The summed E-state index contributed by atoms with van der Waals surface area (Å²) >= 11 is 0. The van der Waals surface area contributed by atoms with Crippen LogP contribution in [0.1, 0.15) is 174 Å². The van der Waals surface area contributed by atoms with Gasteiger partial charge in [-0.15, -0.1) is 0 Å². The van der Waals surface area contributed by atoms with Crippen LogP contribution in [0.15, 0.2) is 12.2 Å². The number of nitrogens with one attached hydrogen (secondary N) is 1. The Kier molecular flexibility index (Phi) is 29.0. The van der Waals surface area contributed by atoms with E-state index in [1.807, 2.05) is 6.08 Å². The molecule has 0 aromatic carbocycles. The second-order valence-corrected chi connectivity index (χ2v) is 11.2. The lowest BCUT2D eigenvalue weighted by Gasteiger charge is -2.20. The summed E-state index contributed by atoms with van der Waals surface area (Å²) in [6.45, 7) is 4.28. The van der Waals surface area contributed by atoms with Gasteiger partial charge in [0.05, 0.1) is 18.8 Å². The van der Waals surface area contributed by atoms with E-state index in [1.165, 1.54) is 128 Å². The first-order valence-corrected chi connectivity index (χ1v) is 16.4. The Balaban J connectivity index is 3.63. The summed E-state index contributed by atoms with van der Waals surface area (Å²) in [6, 6.07) is -0.612. The number of hydrogen-bond acceptors (Lipinski definition) is 3. The average Bonchev–Trinajstić information content (AvgIpc) is 2.90. The molecule has 0 radical (unpaired) electrons. The predicted octanol–water partition coefficient (Wildman–Crippen LogP) is 9.17. The van der Waals surface area contributed by atoms with Crippen molar-refractivity contribution < 1.29 is 15.0 Å². The molecule has 0 saturated carbocycles. The maximum Gasteiger partial charge on any atom is 0.220 e. The van der Waals surface area contributed by atoms with Crippen LogP contribution in [0.25, 0.3) is 0 Å². The standard InChI is InChI=1S/C33H65NO3/c1-3-5-7-9-11-13-15-16-17-19-21-23-25-27-29-33(37)34-31(30-35)32(36)28-26-24-22-20-18-14-12-10-8-6-4-2/h26,28,31-32,35-36H,3-25,27,29-30H2,1-2H3,(H,34,37). The monoisotopic (exact) mass is 523 g/mol. The fourth-order valence-corrected chi connectivity index (χ4v) is 4.94. The third-order valence-electron chi connectivity index (χ3n) is 7.52. The number of carbonyl (C=O) groups excluding carboxylic acids is 1. The molecule has 0 fully saturated rings. The van der Waals surface area contributed by atoms with Gasteiger partial charge in [-0.05, 0) is 19.3 Å². The summed E-state index contributed by atoms with van der Waals surface area (Å²) in [5.74, 6) is -0.0654. The fraction of sp³-hybridized carbons (Fsp3) is 0.909. The first kappa shape index (κ1) is 36.1. The van der Waals surface area contributed by atoms with Gasteiger partial charge < -0.3 is 15.5 Å². The second kappa shape index (κ2) is 29.7. The Hall–Kier alpha value is -0.870. The SMILES string of the molecule is CCCCCCCCCCCC=CC(O)C(CO)NC(=O)CCCCCCCCCCCCCCCC. The Morgan fingerprint density at radius 3 is 1.41 bits per heavy atom. The normalized spacial score (nSPS) is 13.3. The van der Waals surface area contributed by atoms with E-state index in [4.69, 9.17) is 0 Å². The molecular formula is C33H65NO3. The van der Waals surface area contributed by atoms with Crippen molar-refractivity contribution in [3.05, 3.63) is 12.2 Å². The number of hydrogen-bond donors (Lipinski definition) is 3. The van der Waals surface area contributed by atoms with Gasteiger partial charge in [-0.1, -0.05) is 161 Å². The van der Waals surface area contributed by atoms with Crippen molar-refractivity contribution in [2.45, 2.75) is 187 Å². The highest BCUT2D eigenvalue weighted by molar-refractivity contribution is 5.76. The molecule has 0 spiro atoms. The summed E-state index contributed by atoms with van der Waals surface area (Å²) in [5, 5.41) is 22.8. The van der Waals surface area contributed by atoms with Crippen molar-refractivity contribution >= 4 is 5.91 Å². The van der Waals surface area contributed by atoms with E-state index < -0.39 is 12.1 Å². The first-order chi connectivity index (χ1) is 18.2. The fourth-order valence-electron chi connectivity index (χ4n) is 4.94. The minimum absolute atomic E-state index is 0.0654. The average molecular weight is 524 g/mol. The number of aliphatic hydroxyl groups is 2. The molecule has 3 N–H and O–H groups in total. The molecular weight excluding hydrogens is 458 g/mol. The van der Waals surface area contributed by atoms with E-state index in [9.17, 15) is 15.0 Å². The van der Waals surface area contributed by atoms with E-state index in [0.717, 1.165) is 25.7 Å². The maximum absolute atomic E-state index is 12.2. The van der Waals surface area contributed by atoms with Crippen molar-refractivity contribution in [2.24, 2.45) is 0 Å². The number of amides is 1. The van der Waals surface area contributed by atoms with E-state index >= 15 is 0 Å². The van der Waals surface area contributed by atoms with Crippen LogP contribution < -0.4 is 5.32 Å². The lowest BCUT2D eigenvalue weighted by atomic mass is 10.0. The van der Waals surface area contributed by atoms with Crippen LogP contribution in [0, 0.1) is 0 Å². The van der Waals surface area contributed by atoms with Crippen LogP contribution in [0.2, 0.25) is 0 Å². The van der Waals surface area contributed by atoms with Gasteiger partial charge in [0.1, 0.15) is 0 Å². The summed E-state index contributed by atoms with van der Waals surface area (Å²) in [4.78, 5) is 12.2. The molecule has 2 unspecified atom stereocenters. The van der Waals surface area contributed by atoms with Crippen molar-refractivity contribution in [3.63, 3.8) is 0 Å². The van der Waals surface area contributed by atoms with Gasteiger partial charge in [-0.2, -0.15) is 0 Å². The molecule has 0 aromatic heterocycles. The van der Waals surface area contributed by atoms with Gasteiger partial charge in [0.25, 0.3) is 0 Å². The Morgan fingerprint density at radius 1 is 0.622 bits per heavy atom. The van der Waals surface area contributed by atoms with E-state index in [0.29, 0.717) is 6.42 Å². The molecule has 4 heteroatoms. The molecule has 2 atom stereocenters. The molecule has 0 aromatic rings. The predicted molar refractivity (Wildman–Crippen MR) is 161 cm³/mol. The zero-order valence-electron chi connectivity index (χ0n) is 25.0. The van der Waals surface area contributed by atoms with E-state index in [1.54, 1.807) is 6.08 Å². The van der Waals surface area contributed by atoms with Crippen molar-refractivity contribution in [3.8, 4) is 0 Å². The zero-order chi connectivity index (χ0) is 27.2. The Bertz CT molecular complexity index is 494. The molecule has 4 nitrogen and oxygen atoms in total. The van der Waals surface area contributed by atoms with Gasteiger partial charge in [0, 0.05) is 6.42 Å². The molecule has 220 valence electrons.